The highest BCUT2D eigenvalue weighted by Crippen LogP contribution is 2.13. The summed E-state index contributed by atoms with van der Waals surface area (Å²) in [4.78, 5) is 4.03. The van der Waals surface area contributed by atoms with Crippen molar-refractivity contribution in [2.45, 2.75) is 6.04 Å². The Morgan fingerprint density at radius 2 is 2.21 bits per heavy atom. The zero-order valence-corrected chi connectivity index (χ0v) is 10.0. The van der Waals surface area contributed by atoms with Gasteiger partial charge in [0.05, 0.1) is 17.5 Å². The largest absolute Gasteiger partial charge is 0.322 e. The van der Waals surface area contributed by atoms with E-state index in [1.807, 2.05) is 0 Å². The number of hydrogen-bond donors (Lipinski definition) is 1. The molecule has 0 aliphatic rings. The molecule has 0 radical (unpaired) electrons. The summed E-state index contributed by atoms with van der Waals surface area (Å²) in [6, 6.07) is 2.93. The molecule has 0 saturated heterocycles. The molecule has 0 aliphatic carbocycles. The maximum absolute atomic E-state index is 11.0. The van der Waals surface area contributed by atoms with Crippen LogP contribution in [0.5, 0.6) is 0 Å². The molecule has 0 spiro atoms. The Morgan fingerprint density at radius 3 is 2.64 bits per heavy atom. The summed E-state index contributed by atoms with van der Waals surface area (Å²) in [5.41, 5.74) is 6.26. The van der Waals surface area contributed by atoms with E-state index >= 15 is 0 Å². The van der Waals surface area contributed by atoms with Crippen LogP contribution in [-0.4, -0.2) is 25.4 Å². The number of pyridine rings is 1. The minimum atomic E-state index is -3.06. The summed E-state index contributed by atoms with van der Waals surface area (Å²) in [5.74, 6) is -0.0817. The van der Waals surface area contributed by atoms with Crippen LogP contribution < -0.4 is 5.73 Å². The van der Waals surface area contributed by atoms with Gasteiger partial charge in [0, 0.05) is 16.9 Å². The molecule has 1 heterocycles. The highest BCUT2D eigenvalue weighted by Gasteiger charge is 2.13. The molecule has 78 valence electrons. The fourth-order valence-electron chi connectivity index (χ4n) is 1.02. The zero-order valence-electron chi connectivity index (χ0n) is 7.64. The topological polar surface area (TPSA) is 73.0 Å². The fraction of sp³-hybridized carbons (Fsp3) is 0.375. The summed E-state index contributed by atoms with van der Waals surface area (Å²) in [6.07, 6.45) is 2.75. The molecule has 1 atom stereocenters. The number of aromatic nitrogens is 1. The number of halogens is 1. The van der Waals surface area contributed by atoms with E-state index in [0.29, 0.717) is 5.69 Å². The van der Waals surface area contributed by atoms with Crippen LogP contribution in [0.2, 0.25) is 0 Å². The lowest BCUT2D eigenvalue weighted by Gasteiger charge is -2.09. The Hall–Kier alpha value is -0.460. The minimum absolute atomic E-state index is 0.0817. The second-order valence-corrected chi connectivity index (χ2v) is 6.20. The van der Waals surface area contributed by atoms with E-state index in [0.717, 1.165) is 10.7 Å². The molecule has 0 saturated carbocycles. The van der Waals surface area contributed by atoms with Crippen molar-refractivity contribution in [3.05, 3.63) is 28.5 Å². The van der Waals surface area contributed by atoms with Crippen molar-refractivity contribution >= 4 is 25.8 Å². The second kappa shape index (κ2) is 4.37. The minimum Gasteiger partial charge on any atom is -0.322 e. The summed E-state index contributed by atoms with van der Waals surface area (Å²) >= 11 is 3.23. The summed E-state index contributed by atoms with van der Waals surface area (Å²) < 4.78 is 22.8. The third-order valence-electron chi connectivity index (χ3n) is 1.61. The van der Waals surface area contributed by atoms with Gasteiger partial charge in [-0.05, 0) is 28.1 Å². The van der Waals surface area contributed by atoms with Gasteiger partial charge in [-0.25, -0.2) is 8.42 Å². The van der Waals surface area contributed by atoms with Gasteiger partial charge in [0.15, 0.2) is 0 Å². The highest BCUT2D eigenvalue weighted by molar-refractivity contribution is 9.10. The Labute approximate surface area is 91.6 Å². The normalized spacial score (nSPS) is 13.9. The monoisotopic (exact) mass is 278 g/mol. The Balaban J connectivity index is 2.80. The van der Waals surface area contributed by atoms with Crippen LogP contribution in [0.15, 0.2) is 22.8 Å². The van der Waals surface area contributed by atoms with E-state index < -0.39 is 15.9 Å². The second-order valence-electron chi connectivity index (χ2n) is 3.10. The fourth-order valence-corrected chi connectivity index (χ4v) is 2.08. The van der Waals surface area contributed by atoms with Gasteiger partial charge >= 0.3 is 0 Å². The Morgan fingerprint density at radius 1 is 1.57 bits per heavy atom. The first kappa shape index (κ1) is 11.6. The Bertz CT molecular complexity index is 402. The van der Waals surface area contributed by atoms with Crippen molar-refractivity contribution in [1.29, 1.82) is 0 Å². The van der Waals surface area contributed by atoms with Gasteiger partial charge in [-0.3, -0.25) is 4.98 Å². The van der Waals surface area contributed by atoms with Gasteiger partial charge in [-0.15, -0.1) is 0 Å². The quantitative estimate of drug-likeness (QED) is 0.891. The molecule has 0 aromatic carbocycles. The van der Waals surface area contributed by atoms with Crippen molar-refractivity contribution in [2.24, 2.45) is 5.73 Å². The molecule has 1 rings (SSSR count). The van der Waals surface area contributed by atoms with Crippen LogP contribution >= 0.6 is 15.9 Å². The van der Waals surface area contributed by atoms with E-state index in [4.69, 9.17) is 5.73 Å². The lowest BCUT2D eigenvalue weighted by Crippen LogP contribution is -2.21. The maximum Gasteiger partial charge on any atom is 0.149 e. The molecule has 1 aromatic rings. The smallest absolute Gasteiger partial charge is 0.149 e. The molecule has 0 unspecified atom stereocenters. The first-order chi connectivity index (χ1) is 6.38. The summed E-state index contributed by atoms with van der Waals surface area (Å²) in [7, 11) is -3.06. The molecular weight excluding hydrogens is 268 g/mol. The van der Waals surface area contributed by atoms with Crippen LogP contribution in [0.25, 0.3) is 0 Å². The molecule has 1 aromatic heterocycles. The van der Waals surface area contributed by atoms with Crippen molar-refractivity contribution in [3.8, 4) is 0 Å². The van der Waals surface area contributed by atoms with Crippen molar-refractivity contribution in [3.63, 3.8) is 0 Å². The van der Waals surface area contributed by atoms with Gasteiger partial charge in [-0.1, -0.05) is 0 Å². The number of nitrogens with two attached hydrogens (primary N) is 1. The molecule has 0 fully saturated rings. The molecule has 4 nitrogen and oxygen atoms in total. The van der Waals surface area contributed by atoms with E-state index in [1.54, 1.807) is 18.3 Å². The average molecular weight is 279 g/mol. The van der Waals surface area contributed by atoms with Crippen LogP contribution in [0, 0.1) is 0 Å². The first-order valence-electron chi connectivity index (χ1n) is 3.93. The SMILES string of the molecule is CS(=O)(=O)C[C@H](N)c1ccc(Br)cn1. The van der Waals surface area contributed by atoms with Gasteiger partial charge in [0.2, 0.25) is 0 Å². The first-order valence-corrected chi connectivity index (χ1v) is 6.78. The van der Waals surface area contributed by atoms with Crippen LogP contribution in [0.4, 0.5) is 0 Å². The molecule has 14 heavy (non-hydrogen) atoms. The van der Waals surface area contributed by atoms with Gasteiger partial charge in [-0.2, -0.15) is 0 Å². The molecule has 0 amide bonds. The van der Waals surface area contributed by atoms with Crippen LogP contribution in [0.1, 0.15) is 11.7 Å². The van der Waals surface area contributed by atoms with Crippen LogP contribution in [0.3, 0.4) is 0 Å². The van der Waals surface area contributed by atoms with E-state index in [-0.39, 0.29) is 5.75 Å². The predicted octanol–water partition coefficient (Wildman–Crippen LogP) is 0.888. The summed E-state index contributed by atoms with van der Waals surface area (Å²) in [5, 5.41) is 0. The lowest BCUT2D eigenvalue weighted by molar-refractivity contribution is 0.593. The lowest BCUT2D eigenvalue weighted by atomic mass is 10.2. The molecular formula is C8H11BrN2O2S. The number of hydrogen-bond acceptors (Lipinski definition) is 4. The van der Waals surface area contributed by atoms with Crippen molar-refractivity contribution in [2.75, 3.05) is 12.0 Å². The van der Waals surface area contributed by atoms with E-state index in [9.17, 15) is 8.42 Å². The third kappa shape index (κ3) is 3.73. The number of rotatable bonds is 3. The van der Waals surface area contributed by atoms with Crippen molar-refractivity contribution in [1.82, 2.24) is 4.98 Å². The number of sulfone groups is 1. The number of nitrogens with zero attached hydrogens (tertiary/aromatic N) is 1. The summed E-state index contributed by atoms with van der Waals surface area (Å²) in [6.45, 7) is 0. The molecule has 0 bridgehead atoms. The highest BCUT2D eigenvalue weighted by atomic mass is 79.9. The molecule has 2 N–H and O–H groups in total. The van der Waals surface area contributed by atoms with Gasteiger partial charge < -0.3 is 5.73 Å². The van der Waals surface area contributed by atoms with E-state index in [2.05, 4.69) is 20.9 Å². The van der Waals surface area contributed by atoms with Gasteiger partial charge in [0.25, 0.3) is 0 Å². The molecule has 0 aliphatic heterocycles. The maximum atomic E-state index is 11.0. The molecule has 6 heteroatoms. The van der Waals surface area contributed by atoms with E-state index in [1.165, 1.54) is 0 Å². The Kier molecular flexibility index (Phi) is 3.63. The predicted molar refractivity (Wildman–Crippen MR) is 58.6 cm³/mol. The van der Waals surface area contributed by atoms with Crippen molar-refractivity contribution < 1.29 is 8.42 Å². The van der Waals surface area contributed by atoms with Gasteiger partial charge in [0.1, 0.15) is 9.84 Å². The average Bonchev–Trinajstić information content (AvgIpc) is 2.02. The zero-order chi connectivity index (χ0) is 10.8. The van der Waals surface area contributed by atoms with Crippen LogP contribution in [-0.2, 0) is 9.84 Å². The third-order valence-corrected chi connectivity index (χ3v) is 3.05. The standard InChI is InChI=1S/C8H11BrN2O2S/c1-14(12,13)5-7(10)8-3-2-6(9)4-11-8/h2-4,7H,5,10H2,1H3/t7-/m0/s1.